The van der Waals surface area contributed by atoms with Crippen LogP contribution in [0.25, 0.3) is 0 Å². The van der Waals surface area contributed by atoms with Gasteiger partial charge in [0.2, 0.25) is 0 Å². The first-order valence-corrected chi connectivity index (χ1v) is 5.04. The van der Waals surface area contributed by atoms with Crippen LogP contribution in [0.3, 0.4) is 0 Å². The molecule has 0 aromatic heterocycles. The summed E-state index contributed by atoms with van der Waals surface area (Å²) >= 11 is -0.135. The number of benzene rings is 1. The number of alkyl halides is 3. The standard InChI is InChI=1S/C10H8F3NS/c11-10(12,13)15-9-5-1-3-8(7-9)4-2-6-14/h1,3,5,7H,2,4H2. The maximum atomic E-state index is 12.0. The highest BCUT2D eigenvalue weighted by molar-refractivity contribution is 8.00. The third-order valence-corrected chi connectivity index (χ3v) is 2.38. The van der Waals surface area contributed by atoms with Crippen molar-refractivity contribution >= 4 is 11.8 Å². The van der Waals surface area contributed by atoms with Gasteiger partial charge in [-0.15, -0.1) is 0 Å². The van der Waals surface area contributed by atoms with E-state index < -0.39 is 5.51 Å². The molecule has 15 heavy (non-hydrogen) atoms. The smallest absolute Gasteiger partial charge is 0.198 e. The van der Waals surface area contributed by atoms with E-state index in [1.807, 2.05) is 6.07 Å². The topological polar surface area (TPSA) is 23.8 Å². The lowest BCUT2D eigenvalue weighted by Crippen LogP contribution is -1.99. The molecule has 0 saturated carbocycles. The number of halogens is 3. The van der Waals surface area contributed by atoms with E-state index in [4.69, 9.17) is 5.26 Å². The molecular formula is C10H8F3NS. The highest BCUT2D eigenvalue weighted by Gasteiger charge is 2.29. The molecule has 0 aliphatic heterocycles. The summed E-state index contributed by atoms with van der Waals surface area (Å²) in [6, 6.07) is 8.12. The minimum Gasteiger partial charge on any atom is -0.198 e. The molecule has 0 spiro atoms. The molecule has 0 aliphatic rings. The van der Waals surface area contributed by atoms with Gasteiger partial charge < -0.3 is 0 Å². The third-order valence-electron chi connectivity index (χ3n) is 1.66. The molecule has 0 amide bonds. The molecule has 0 N–H and O–H groups in total. The Kier molecular flexibility index (Phi) is 4.04. The Labute approximate surface area is 89.9 Å². The second-order valence-electron chi connectivity index (χ2n) is 2.85. The van der Waals surface area contributed by atoms with Crippen molar-refractivity contribution in [2.45, 2.75) is 23.2 Å². The predicted molar refractivity (Wildman–Crippen MR) is 52.3 cm³/mol. The van der Waals surface area contributed by atoms with Crippen molar-refractivity contribution in [2.75, 3.05) is 0 Å². The lowest BCUT2D eigenvalue weighted by atomic mass is 10.1. The van der Waals surface area contributed by atoms with E-state index in [-0.39, 0.29) is 16.7 Å². The zero-order valence-corrected chi connectivity index (χ0v) is 8.53. The molecule has 1 rings (SSSR count). The minimum absolute atomic E-state index is 0.135. The zero-order valence-electron chi connectivity index (χ0n) is 7.71. The lowest BCUT2D eigenvalue weighted by Gasteiger charge is -2.06. The fraction of sp³-hybridized carbons (Fsp3) is 0.300. The summed E-state index contributed by atoms with van der Waals surface area (Å²) in [6.07, 6.45) is 0.808. The van der Waals surface area contributed by atoms with Crippen molar-refractivity contribution in [2.24, 2.45) is 0 Å². The Morgan fingerprint density at radius 1 is 1.33 bits per heavy atom. The Balaban J connectivity index is 2.71. The normalized spacial score (nSPS) is 11.1. The maximum absolute atomic E-state index is 12.0. The molecule has 1 aromatic rings. The average molecular weight is 231 g/mol. The minimum atomic E-state index is -4.26. The summed E-state index contributed by atoms with van der Waals surface area (Å²) in [4.78, 5) is 0.165. The van der Waals surface area contributed by atoms with Crippen LogP contribution in [0.4, 0.5) is 13.2 Å². The van der Waals surface area contributed by atoms with Gasteiger partial charge in [0.05, 0.1) is 6.07 Å². The van der Waals surface area contributed by atoms with Gasteiger partial charge in [-0.05, 0) is 35.9 Å². The largest absolute Gasteiger partial charge is 0.446 e. The SMILES string of the molecule is N#CCCc1cccc(SC(F)(F)F)c1. The Morgan fingerprint density at radius 2 is 2.07 bits per heavy atom. The molecule has 1 nitrogen and oxygen atoms in total. The second-order valence-corrected chi connectivity index (χ2v) is 3.99. The maximum Gasteiger partial charge on any atom is 0.446 e. The first-order valence-electron chi connectivity index (χ1n) is 4.23. The van der Waals surface area contributed by atoms with Gasteiger partial charge in [-0.1, -0.05) is 12.1 Å². The summed E-state index contributed by atoms with van der Waals surface area (Å²) in [6.45, 7) is 0. The van der Waals surface area contributed by atoms with Gasteiger partial charge in [-0.3, -0.25) is 0 Å². The molecule has 0 saturated heterocycles. The number of rotatable bonds is 3. The Hall–Kier alpha value is -1.15. The van der Waals surface area contributed by atoms with Crippen LogP contribution in [-0.2, 0) is 6.42 Å². The third kappa shape index (κ3) is 4.75. The van der Waals surface area contributed by atoms with E-state index in [9.17, 15) is 13.2 Å². The van der Waals surface area contributed by atoms with E-state index in [0.717, 1.165) is 5.56 Å². The van der Waals surface area contributed by atoms with Gasteiger partial charge in [0.25, 0.3) is 0 Å². The molecule has 1 aromatic carbocycles. The van der Waals surface area contributed by atoms with Crippen LogP contribution in [0.15, 0.2) is 29.2 Å². The van der Waals surface area contributed by atoms with E-state index in [0.29, 0.717) is 12.8 Å². The molecule has 5 heteroatoms. The second kappa shape index (κ2) is 5.08. The Morgan fingerprint density at radius 3 is 2.67 bits per heavy atom. The summed E-state index contributed by atoms with van der Waals surface area (Å²) < 4.78 is 36.1. The van der Waals surface area contributed by atoms with Gasteiger partial charge >= 0.3 is 5.51 Å². The van der Waals surface area contributed by atoms with Crippen LogP contribution in [-0.4, -0.2) is 5.51 Å². The van der Waals surface area contributed by atoms with Crippen LogP contribution in [0, 0.1) is 11.3 Å². The fourth-order valence-corrected chi connectivity index (χ4v) is 1.72. The first kappa shape index (κ1) is 11.9. The molecule has 0 atom stereocenters. The molecule has 80 valence electrons. The lowest BCUT2D eigenvalue weighted by molar-refractivity contribution is -0.0328. The van der Waals surface area contributed by atoms with E-state index >= 15 is 0 Å². The van der Waals surface area contributed by atoms with E-state index in [1.165, 1.54) is 12.1 Å². The van der Waals surface area contributed by atoms with Crippen LogP contribution in [0.5, 0.6) is 0 Å². The molecule has 0 bridgehead atoms. The summed E-state index contributed by atoms with van der Waals surface area (Å²) in [5.74, 6) is 0. The van der Waals surface area contributed by atoms with Crippen molar-refractivity contribution in [3.8, 4) is 6.07 Å². The zero-order chi connectivity index (χ0) is 11.3. The van der Waals surface area contributed by atoms with Crippen LogP contribution in [0.2, 0.25) is 0 Å². The molecule has 0 unspecified atom stereocenters. The van der Waals surface area contributed by atoms with Gasteiger partial charge in [-0.2, -0.15) is 18.4 Å². The molecular weight excluding hydrogens is 223 g/mol. The molecule has 0 fully saturated rings. The number of nitrogens with zero attached hydrogens (tertiary/aromatic N) is 1. The van der Waals surface area contributed by atoms with Crippen molar-refractivity contribution in [3.05, 3.63) is 29.8 Å². The number of hydrogen-bond donors (Lipinski definition) is 0. The van der Waals surface area contributed by atoms with Crippen molar-refractivity contribution < 1.29 is 13.2 Å². The quantitative estimate of drug-likeness (QED) is 0.739. The van der Waals surface area contributed by atoms with Crippen molar-refractivity contribution in [3.63, 3.8) is 0 Å². The number of nitriles is 1. The highest BCUT2D eigenvalue weighted by Crippen LogP contribution is 2.36. The number of aryl methyl sites for hydroxylation is 1. The van der Waals surface area contributed by atoms with E-state index in [2.05, 4.69) is 0 Å². The van der Waals surface area contributed by atoms with Gasteiger partial charge in [0.15, 0.2) is 0 Å². The molecule has 0 radical (unpaired) electrons. The first-order chi connectivity index (χ1) is 7.01. The molecule has 0 heterocycles. The summed E-state index contributed by atoms with van der Waals surface area (Å²) in [5.41, 5.74) is -3.50. The number of hydrogen-bond acceptors (Lipinski definition) is 2. The van der Waals surface area contributed by atoms with Gasteiger partial charge in [0.1, 0.15) is 0 Å². The van der Waals surface area contributed by atoms with Crippen molar-refractivity contribution in [1.82, 2.24) is 0 Å². The monoisotopic (exact) mass is 231 g/mol. The van der Waals surface area contributed by atoms with Crippen molar-refractivity contribution in [1.29, 1.82) is 5.26 Å². The predicted octanol–water partition coefficient (Wildman–Crippen LogP) is 3.75. The van der Waals surface area contributed by atoms with Gasteiger partial charge in [0, 0.05) is 11.3 Å². The van der Waals surface area contributed by atoms with Gasteiger partial charge in [-0.25, -0.2) is 0 Å². The molecule has 0 aliphatic carbocycles. The number of thioether (sulfide) groups is 1. The Bertz CT molecular complexity index is 368. The summed E-state index contributed by atoms with van der Waals surface area (Å²) in [7, 11) is 0. The highest BCUT2D eigenvalue weighted by atomic mass is 32.2. The van der Waals surface area contributed by atoms with E-state index in [1.54, 1.807) is 12.1 Å². The average Bonchev–Trinajstić information content (AvgIpc) is 2.12. The fourth-order valence-electron chi connectivity index (χ4n) is 1.10. The van der Waals surface area contributed by atoms with Crippen LogP contribution in [0.1, 0.15) is 12.0 Å². The summed E-state index contributed by atoms with van der Waals surface area (Å²) in [5, 5.41) is 8.35. The van der Waals surface area contributed by atoms with Crippen LogP contribution >= 0.6 is 11.8 Å². The van der Waals surface area contributed by atoms with Crippen LogP contribution < -0.4 is 0 Å².